The maximum atomic E-state index is 12.5. The molecule has 9 heteroatoms. The number of esters is 1. The molecule has 1 aliphatic carbocycles. The Kier molecular flexibility index (Phi) is 4.87. The zero-order valence-electron chi connectivity index (χ0n) is 11.2. The Labute approximate surface area is 117 Å². The zero-order chi connectivity index (χ0) is 16.5. The molecule has 124 valence electrons. The normalized spacial score (nSPS) is 20.2. The lowest BCUT2D eigenvalue weighted by atomic mass is 9.82. The fourth-order valence-electron chi connectivity index (χ4n) is 2.38. The summed E-state index contributed by atoms with van der Waals surface area (Å²) in [6.45, 7) is 1.49. The Bertz CT molecular complexity index is 367. The molecule has 0 aromatic heterocycles. The second-order valence-corrected chi connectivity index (χ2v) is 5.16. The number of hydrogen-bond donors (Lipinski definition) is 0. The van der Waals surface area contributed by atoms with Gasteiger partial charge in [-0.15, -0.1) is 0 Å². The molecule has 1 aliphatic rings. The smallest absolute Gasteiger partial charge is 0.399 e. The molecule has 0 aliphatic heterocycles. The summed E-state index contributed by atoms with van der Waals surface area (Å²) in [5.41, 5.74) is -7.17. The molecule has 0 aromatic rings. The summed E-state index contributed by atoms with van der Waals surface area (Å²) in [4.78, 5) is 11.4. The van der Waals surface area contributed by atoms with E-state index in [0.29, 0.717) is 12.8 Å². The predicted molar refractivity (Wildman–Crippen MR) is 57.0 cm³/mol. The van der Waals surface area contributed by atoms with Crippen LogP contribution in [0.4, 0.5) is 26.3 Å². The van der Waals surface area contributed by atoms with E-state index in [-0.39, 0.29) is 19.3 Å². The van der Waals surface area contributed by atoms with Crippen LogP contribution in [0.1, 0.15) is 45.4 Å². The molecule has 1 saturated carbocycles. The predicted octanol–water partition coefficient (Wildman–Crippen LogP) is 2.87. The molecule has 0 aromatic carbocycles. The minimum atomic E-state index is -6.31. The van der Waals surface area contributed by atoms with E-state index in [1.807, 2.05) is 0 Å². The highest BCUT2D eigenvalue weighted by Crippen LogP contribution is 2.44. The molecule has 0 unspecified atom stereocenters. The molecule has 0 radical (unpaired) electrons. The highest BCUT2D eigenvalue weighted by molar-refractivity contribution is 5.81. The first-order valence-corrected chi connectivity index (χ1v) is 6.47. The molecule has 0 spiro atoms. The topological polar surface area (TPSA) is 49.4 Å². The van der Waals surface area contributed by atoms with E-state index < -0.39 is 29.5 Å². The standard InChI is InChI=1S/C12H15F6O3/c1-2-9(6-4-3-5-7-9)21-8(19)10(20,11(13,14)15)12(16,17)18/h2-7H2,1H3/q-1. The molecule has 0 bridgehead atoms. The van der Waals surface area contributed by atoms with Crippen LogP contribution < -0.4 is 5.11 Å². The fraction of sp³-hybridized carbons (Fsp3) is 0.917. The number of carbonyl (C=O) groups is 1. The van der Waals surface area contributed by atoms with Gasteiger partial charge in [0, 0.05) is 0 Å². The van der Waals surface area contributed by atoms with Crippen LogP contribution >= 0.6 is 0 Å². The van der Waals surface area contributed by atoms with Crippen LogP contribution in [0.25, 0.3) is 0 Å². The van der Waals surface area contributed by atoms with E-state index >= 15 is 0 Å². The van der Waals surface area contributed by atoms with Gasteiger partial charge in [-0.05, 0) is 32.1 Å². The Balaban J connectivity index is 3.08. The summed E-state index contributed by atoms with van der Waals surface area (Å²) < 4.78 is 79.5. The largest absolute Gasteiger partial charge is 0.828 e. The van der Waals surface area contributed by atoms with Crippen LogP contribution in [0, 0.1) is 0 Å². The molecular formula is C12H15F6O3-. The lowest BCUT2D eigenvalue weighted by molar-refractivity contribution is -0.575. The van der Waals surface area contributed by atoms with Crippen LogP contribution in [0.5, 0.6) is 0 Å². The SMILES string of the molecule is CCC1(OC(=O)C([O-])(C(F)(F)F)C(F)(F)F)CCCCC1. The van der Waals surface area contributed by atoms with Crippen molar-refractivity contribution in [1.29, 1.82) is 0 Å². The second-order valence-electron chi connectivity index (χ2n) is 5.16. The van der Waals surface area contributed by atoms with Crippen LogP contribution in [-0.2, 0) is 9.53 Å². The van der Waals surface area contributed by atoms with Crippen molar-refractivity contribution < 1.29 is 41.0 Å². The summed E-state index contributed by atoms with van der Waals surface area (Å²) in [5, 5.41) is 11.3. The Morgan fingerprint density at radius 3 is 1.81 bits per heavy atom. The first-order chi connectivity index (χ1) is 9.40. The highest BCUT2D eigenvalue weighted by Gasteiger charge is 2.68. The summed E-state index contributed by atoms with van der Waals surface area (Å²) >= 11 is 0. The van der Waals surface area contributed by atoms with Gasteiger partial charge in [0.05, 0.1) is 0 Å². The lowest BCUT2D eigenvalue weighted by Gasteiger charge is -2.44. The zero-order valence-corrected chi connectivity index (χ0v) is 11.2. The first kappa shape index (κ1) is 18.1. The molecular weight excluding hydrogens is 306 g/mol. The molecule has 0 saturated heterocycles. The minimum absolute atomic E-state index is 0.0601. The van der Waals surface area contributed by atoms with Gasteiger partial charge in [-0.2, -0.15) is 26.3 Å². The van der Waals surface area contributed by atoms with E-state index in [2.05, 4.69) is 4.74 Å². The van der Waals surface area contributed by atoms with Crippen molar-refractivity contribution >= 4 is 5.97 Å². The van der Waals surface area contributed by atoms with Crippen molar-refractivity contribution in [3.63, 3.8) is 0 Å². The average molecular weight is 321 g/mol. The maximum absolute atomic E-state index is 12.5. The molecule has 0 heterocycles. The average Bonchev–Trinajstić information content (AvgIpc) is 2.36. The van der Waals surface area contributed by atoms with E-state index in [0.717, 1.165) is 6.42 Å². The van der Waals surface area contributed by atoms with Crippen LogP contribution in [0.2, 0.25) is 0 Å². The molecule has 1 fully saturated rings. The van der Waals surface area contributed by atoms with Gasteiger partial charge < -0.3 is 9.84 Å². The molecule has 1 rings (SSSR count). The van der Waals surface area contributed by atoms with Crippen molar-refractivity contribution in [3.05, 3.63) is 0 Å². The molecule has 3 nitrogen and oxygen atoms in total. The third-order valence-corrected chi connectivity index (χ3v) is 3.80. The van der Waals surface area contributed by atoms with Crippen LogP contribution in [-0.4, -0.2) is 29.5 Å². The summed E-state index contributed by atoms with van der Waals surface area (Å²) in [6, 6.07) is 0. The van der Waals surface area contributed by atoms with Crippen LogP contribution in [0.3, 0.4) is 0 Å². The molecule has 21 heavy (non-hydrogen) atoms. The van der Waals surface area contributed by atoms with Gasteiger partial charge in [0.2, 0.25) is 0 Å². The Morgan fingerprint density at radius 1 is 1.05 bits per heavy atom. The monoisotopic (exact) mass is 321 g/mol. The van der Waals surface area contributed by atoms with Gasteiger partial charge in [-0.3, -0.25) is 4.79 Å². The van der Waals surface area contributed by atoms with Gasteiger partial charge in [0.15, 0.2) is 5.60 Å². The number of ether oxygens (including phenoxy) is 1. The molecule has 0 amide bonds. The first-order valence-electron chi connectivity index (χ1n) is 6.47. The van der Waals surface area contributed by atoms with E-state index in [1.54, 1.807) is 0 Å². The third-order valence-electron chi connectivity index (χ3n) is 3.80. The van der Waals surface area contributed by atoms with Gasteiger partial charge in [-0.1, -0.05) is 13.3 Å². The van der Waals surface area contributed by atoms with Crippen molar-refractivity contribution in [1.82, 2.24) is 0 Å². The fourth-order valence-corrected chi connectivity index (χ4v) is 2.38. The van der Waals surface area contributed by atoms with Crippen molar-refractivity contribution in [2.75, 3.05) is 0 Å². The lowest BCUT2D eigenvalue weighted by Crippen LogP contribution is -2.72. The highest BCUT2D eigenvalue weighted by atomic mass is 19.4. The maximum Gasteiger partial charge on any atom is 0.399 e. The van der Waals surface area contributed by atoms with Crippen molar-refractivity contribution in [2.24, 2.45) is 0 Å². The van der Waals surface area contributed by atoms with E-state index in [1.165, 1.54) is 6.92 Å². The van der Waals surface area contributed by atoms with E-state index in [4.69, 9.17) is 0 Å². The van der Waals surface area contributed by atoms with E-state index in [9.17, 15) is 36.2 Å². The Hall–Kier alpha value is -0.990. The summed E-state index contributed by atoms with van der Waals surface area (Å²) in [6.07, 6.45) is -10.5. The van der Waals surface area contributed by atoms with Gasteiger partial charge >= 0.3 is 18.3 Å². The summed E-state index contributed by atoms with van der Waals surface area (Å²) in [5.74, 6) is -2.81. The third kappa shape index (κ3) is 3.27. The van der Waals surface area contributed by atoms with Crippen molar-refractivity contribution in [2.45, 2.75) is 69.0 Å². The molecule has 0 atom stereocenters. The van der Waals surface area contributed by atoms with Crippen molar-refractivity contribution in [3.8, 4) is 0 Å². The van der Waals surface area contributed by atoms with Gasteiger partial charge in [-0.25, -0.2) is 0 Å². The number of carbonyl (C=O) groups excluding carboxylic acids is 1. The van der Waals surface area contributed by atoms with Gasteiger partial charge in [0.1, 0.15) is 5.60 Å². The van der Waals surface area contributed by atoms with Gasteiger partial charge in [0.25, 0.3) is 0 Å². The number of hydrogen-bond acceptors (Lipinski definition) is 3. The summed E-state index contributed by atoms with van der Waals surface area (Å²) in [7, 11) is 0. The van der Waals surface area contributed by atoms with Crippen LogP contribution in [0.15, 0.2) is 0 Å². The number of alkyl halides is 6. The minimum Gasteiger partial charge on any atom is -0.828 e. The quantitative estimate of drug-likeness (QED) is 0.593. The number of rotatable bonds is 3. The molecule has 0 N–H and O–H groups in total. The second kappa shape index (κ2) is 5.66. The number of halogens is 6. The Morgan fingerprint density at radius 2 is 1.48 bits per heavy atom.